The number of hydrogen-bond acceptors (Lipinski definition) is 4. The predicted molar refractivity (Wildman–Crippen MR) is 110 cm³/mol. The third-order valence-corrected chi connectivity index (χ3v) is 5.99. The summed E-state index contributed by atoms with van der Waals surface area (Å²) < 4.78 is 2.97. The second kappa shape index (κ2) is 7.13. The fourth-order valence-electron chi connectivity index (χ4n) is 2.83. The molecule has 0 unspecified atom stereocenters. The van der Waals surface area contributed by atoms with Crippen molar-refractivity contribution in [2.45, 2.75) is 13.0 Å². The minimum Gasteiger partial charge on any atom is -0.333 e. The van der Waals surface area contributed by atoms with Crippen LogP contribution in [-0.4, -0.2) is 32.2 Å². The molecule has 1 atom stereocenters. The lowest BCUT2D eigenvalue weighted by Gasteiger charge is -2.21. The number of nitrogens with zero attached hydrogens (tertiary/aromatic N) is 4. The van der Waals surface area contributed by atoms with Crippen molar-refractivity contribution in [2.24, 2.45) is 0 Å². The standard InChI is InChI=1S/C20H17ClN4OS/c1-13(20-22-14-7-3-4-8-16(14)27-20)24(2)18(26)11-10-15-19(21)23-17-9-5-6-12-25(15)17/h3-13H,1-2H3/b11-10+/t13-/m0/s1. The average Bonchev–Trinajstić information content (AvgIpc) is 3.25. The fraction of sp³-hybridized carbons (Fsp3) is 0.150. The molecule has 4 aromatic rings. The smallest absolute Gasteiger partial charge is 0.246 e. The van der Waals surface area contributed by atoms with E-state index < -0.39 is 0 Å². The van der Waals surface area contributed by atoms with E-state index in [1.54, 1.807) is 29.4 Å². The van der Waals surface area contributed by atoms with Crippen LogP contribution in [0.1, 0.15) is 23.7 Å². The van der Waals surface area contributed by atoms with Gasteiger partial charge in [0, 0.05) is 19.3 Å². The van der Waals surface area contributed by atoms with Crippen molar-refractivity contribution in [3.8, 4) is 0 Å². The van der Waals surface area contributed by atoms with Gasteiger partial charge in [-0.2, -0.15) is 0 Å². The van der Waals surface area contributed by atoms with E-state index in [2.05, 4.69) is 9.97 Å². The number of benzene rings is 1. The minimum atomic E-state index is -0.128. The van der Waals surface area contributed by atoms with Crippen molar-refractivity contribution in [1.29, 1.82) is 0 Å². The molecule has 136 valence electrons. The van der Waals surface area contributed by atoms with E-state index in [4.69, 9.17) is 11.6 Å². The Labute approximate surface area is 165 Å². The Hall–Kier alpha value is -2.70. The fourth-order valence-corrected chi connectivity index (χ4v) is 4.13. The molecular weight excluding hydrogens is 380 g/mol. The molecule has 27 heavy (non-hydrogen) atoms. The van der Waals surface area contributed by atoms with Crippen LogP contribution in [0.2, 0.25) is 5.15 Å². The van der Waals surface area contributed by atoms with Gasteiger partial charge >= 0.3 is 0 Å². The number of rotatable bonds is 4. The zero-order chi connectivity index (χ0) is 19.0. The molecule has 7 heteroatoms. The second-order valence-corrected chi connectivity index (χ2v) is 7.62. The van der Waals surface area contributed by atoms with E-state index in [0.29, 0.717) is 10.8 Å². The van der Waals surface area contributed by atoms with Gasteiger partial charge in [0.2, 0.25) is 5.91 Å². The number of likely N-dealkylation sites (N-methyl/N-ethyl adjacent to an activating group) is 1. The molecule has 1 aromatic carbocycles. The van der Waals surface area contributed by atoms with Gasteiger partial charge in [-0.25, -0.2) is 9.97 Å². The molecule has 3 heterocycles. The third-order valence-electron chi connectivity index (χ3n) is 4.50. The maximum absolute atomic E-state index is 12.7. The topological polar surface area (TPSA) is 50.5 Å². The summed E-state index contributed by atoms with van der Waals surface area (Å²) in [5.74, 6) is -0.122. The number of hydrogen-bond donors (Lipinski definition) is 0. The molecule has 0 aliphatic heterocycles. The molecule has 4 rings (SSSR count). The molecule has 5 nitrogen and oxygen atoms in total. The van der Waals surface area contributed by atoms with Crippen LogP contribution in [0.4, 0.5) is 0 Å². The van der Waals surface area contributed by atoms with E-state index in [1.165, 1.54) is 6.08 Å². The second-order valence-electron chi connectivity index (χ2n) is 6.19. The molecule has 0 saturated heterocycles. The molecular formula is C20H17ClN4OS. The first-order valence-electron chi connectivity index (χ1n) is 8.47. The Morgan fingerprint density at radius 3 is 2.81 bits per heavy atom. The lowest BCUT2D eigenvalue weighted by atomic mass is 10.3. The number of aromatic nitrogens is 3. The van der Waals surface area contributed by atoms with Crippen LogP contribution in [0.15, 0.2) is 54.7 Å². The van der Waals surface area contributed by atoms with E-state index in [0.717, 1.165) is 20.9 Å². The molecule has 1 amide bonds. The lowest BCUT2D eigenvalue weighted by molar-refractivity contribution is -0.126. The summed E-state index contributed by atoms with van der Waals surface area (Å²) in [6.45, 7) is 1.98. The lowest BCUT2D eigenvalue weighted by Crippen LogP contribution is -2.27. The first-order chi connectivity index (χ1) is 13.0. The number of fused-ring (bicyclic) bond motifs is 2. The number of para-hydroxylation sites is 1. The number of carbonyl (C=O) groups excluding carboxylic acids is 1. The summed E-state index contributed by atoms with van der Waals surface area (Å²) in [6, 6.07) is 13.5. The maximum atomic E-state index is 12.7. The molecule has 0 bridgehead atoms. The van der Waals surface area contributed by atoms with E-state index in [9.17, 15) is 4.79 Å². The number of carbonyl (C=O) groups is 1. The van der Waals surface area contributed by atoms with E-state index >= 15 is 0 Å². The molecule has 3 aromatic heterocycles. The molecule has 0 saturated carbocycles. The summed E-state index contributed by atoms with van der Waals surface area (Å²) >= 11 is 7.82. The Bertz CT molecular complexity index is 1130. The first-order valence-corrected chi connectivity index (χ1v) is 9.67. The van der Waals surface area contributed by atoms with Crippen molar-refractivity contribution in [2.75, 3.05) is 7.05 Å². The summed E-state index contributed by atoms with van der Waals surface area (Å²) in [6.07, 6.45) is 5.09. The molecule has 0 radical (unpaired) electrons. The maximum Gasteiger partial charge on any atom is 0.246 e. The Morgan fingerprint density at radius 1 is 1.22 bits per heavy atom. The third kappa shape index (κ3) is 3.34. The average molecular weight is 397 g/mol. The van der Waals surface area contributed by atoms with Crippen molar-refractivity contribution in [3.05, 3.63) is 70.6 Å². The van der Waals surface area contributed by atoms with Crippen molar-refractivity contribution in [1.82, 2.24) is 19.3 Å². The highest BCUT2D eigenvalue weighted by Crippen LogP contribution is 2.29. The predicted octanol–water partition coefficient (Wildman–Crippen LogP) is 4.83. The monoisotopic (exact) mass is 396 g/mol. The Morgan fingerprint density at radius 2 is 2.00 bits per heavy atom. The molecule has 0 spiro atoms. The number of imidazole rings is 1. The van der Waals surface area contributed by atoms with Crippen molar-refractivity contribution < 1.29 is 4.79 Å². The van der Waals surface area contributed by atoms with Gasteiger partial charge in [0.05, 0.1) is 22.0 Å². The van der Waals surface area contributed by atoms with Gasteiger partial charge < -0.3 is 4.90 Å². The van der Waals surface area contributed by atoms with Gasteiger partial charge in [-0.3, -0.25) is 9.20 Å². The Kier molecular flexibility index (Phi) is 4.68. The highest BCUT2D eigenvalue weighted by molar-refractivity contribution is 7.18. The number of thiazole rings is 1. The molecule has 0 aliphatic carbocycles. The van der Waals surface area contributed by atoms with Crippen LogP contribution >= 0.6 is 22.9 Å². The van der Waals surface area contributed by atoms with Crippen molar-refractivity contribution in [3.63, 3.8) is 0 Å². The van der Waals surface area contributed by atoms with E-state index in [-0.39, 0.29) is 11.9 Å². The molecule has 0 fully saturated rings. The first kappa shape index (κ1) is 17.7. The Balaban J connectivity index is 1.56. The van der Waals surface area contributed by atoms with Gasteiger partial charge in [0.25, 0.3) is 0 Å². The molecule has 0 aliphatic rings. The van der Waals surface area contributed by atoms with Gasteiger partial charge in [-0.1, -0.05) is 29.8 Å². The highest BCUT2D eigenvalue weighted by atomic mass is 35.5. The zero-order valence-electron chi connectivity index (χ0n) is 14.8. The molecule has 0 N–H and O–H groups in total. The number of halogens is 1. The summed E-state index contributed by atoms with van der Waals surface area (Å²) in [5, 5.41) is 1.28. The van der Waals surface area contributed by atoms with Crippen LogP contribution in [0, 0.1) is 0 Å². The van der Waals surface area contributed by atoms with Crippen LogP contribution in [0.3, 0.4) is 0 Å². The number of amides is 1. The minimum absolute atomic E-state index is 0.122. The summed E-state index contributed by atoms with van der Waals surface area (Å²) in [7, 11) is 1.78. The van der Waals surface area contributed by atoms with Crippen LogP contribution in [0.5, 0.6) is 0 Å². The normalized spacial score (nSPS) is 12.9. The summed E-state index contributed by atoms with van der Waals surface area (Å²) in [5.41, 5.74) is 2.38. The largest absolute Gasteiger partial charge is 0.333 e. The SMILES string of the molecule is C[C@@H](c1nc2ccccc2s1)N(C)C(=O)/C=C/c1c(Cl)nc2ccccn12. The summed E-state index contributed by atoms with van der Waals surface area (Å²) in [4.78, 5) is 23.3. The van der Waals surface area contributed by atoms with Gasteiger partial charge in [0.1, 0.15) is 10.7 Å². The van der Waals surface area contributed by atoms with Gasteiger partial charge in [-0.05, 0) is 37.3 Å². The van der Waals surface area contributed by atoms with Gasteiger partial charge in [-0.15, -0.1) is 11.3 Å². The zero-order valence-corrected chi connectivity index (χ0v) is 16.4. The van der Waals surface area contributed by atoms with Crippen molar-refractivity contribution >= 4 is 50.8 Å². The highest BCUT2D eigenvalue weighted by Gasteiger charge is 2.19. The quantitative estimate of drug-likeness (QED) is 0.464. The van der Waals surface area contributed by atoms with E-state index in [1.807, 2.05) is 60.0 Å². The van der Waals surface area contributed by atoms with Crippen LogP contribution in [-0.2, 0) is 4.79 Å². The van der Waals surface area contributed by atoms with Crippen LogP contribution in [0.25, 0.3) is 21.9 Å². The van der Waals surface area contributed by atoms with Crippen LogP contribution < -0.4 is 0 Å². The number of pyridine rings is 1. The van der Waals surface area contributed by atoms with Gasteiger partial charge in [0.15, 0.2) is 5.15 Å².